The Morgan fingerprint density at radius 3 is 2.81 bits per heavy atom. The van der Waals surface area contributed by atoms with E-state index in [1.807, 2.05) is 24.6 Å². The monoisotopic (exact) mass is 225 g/mol. The molecule has 0 bridgehead atoms. The zero-order valence-corrected chi connectivity index (χ0v) is 9.76. The number of nitrogens with two attached hydrogens (primary N) is 1. The maximum atomic E-state index is 10.8. The van der Waals surface area contributed by atoms with Crippen molar-refractivity contribution in [3.05, 3.63) is 18.0 Å². The fourth-order valence-electron chi connectivity index (χ4n) is 1.87. The van der Waals surface area contributed by atoms with E-state index in [1.165, 1.54) is 0 Å². The van der Waals surface area contributed by atoms with Crippen molar-refractivity contribution in [2.24, 2.45) is 5.73 Å². The van der Waals surface area contributed by atoms with Gasteiger partial charge >= 0.3 is 5.97 Å². The Labute approximate surface area is 95.3 Å². The fourth-order valence-corrected chi connectivity index (χ4v) is 1.87. The highest BCUT2D eigenvalue weighted by molar-refractivity contribution is 5.68. The van der Waals surface area contributed by atoms with Crippen molar-refractivity contribution in [3.63, 3.8) is 0 Å². The van der Waals surface area contributed by atoms with Gasteiger partial charge in [0.25, 0.3) is 0 Å². The molecular weight excluding hydrogens is 206 g/mol. The summed E-state index contributed by atoms with van der Waals surface area (Å²) >= 11 is 0. The third-order valence-corrected chi connectivity index (χ3v) is 2.81. The second kappa shape index (κ2) is 5.65. The maximum absolute atomic E-state index is 10.8. The molecular formula is C11H19N3O2. The SMILES string of the molecule is CCC(N)C(CC(=O)O)c1ccnn1CC. The highest BCUT2D eigenvalue weighted by Crippen LogP contribution is 2.24. The molecule has 0 radical (unpaired) electrons. The molecule has 1 rings (SSSR count). The normalized spacial score (nSPS) is 14.7. The summed E-state index contributed by atoms with van der Waals surface area (Å²) in [6.07, 6.45) is 2.50. The molecule has 0 aliphatic carbocycles. The summed E-state index contributed by atoms with van der Waals surface area (Å²) in [6, 6.07) is 1.71. The Kier molecular flexibility index (Phi) is 4.49. The lowest BCUT2D eigenvalue weighted by atomic mass is 9.91. The molecule has 1 aromatic heterocycles. The van der Waals surface area contributed by atoms with E-state index in [1.54, 1.807) is 6.20 Å². The van der Waals surface area contributed by atoms with E-state index in [0.717, 1.165) is 18.7 Å². The van der Waals surface area contributed by atoms with E-state index in [2.05, 4.69) is 5.10 Å². The van der Waals surface area contributed by atoms with Gasteiger partial charge in [0.1, 0.15) is 0 Å². The van der Waals surface area contributed by atoms with Gasteiger partial charge in [-0.2, -0.15) is 5.10 Å². The lowest BCUT2D eigenvalue weighted by Gasteiger charge is -2.22. The Morgan fingerprint density at radius 1 is 1.62 bits per heavy atom. The summed E-state index contributed by atoms with van der Waals surface area (Å²) in [7, 11) is 0. The average molecular weight is 225 g/mol. The third-order valence-electron chi connectivity index (χ3n) is 2.81. The van der Waals surface area contributed by atoms with Crippen LogP contribution < -0.4 is 5.73 Å². The van der Waals surface area contributed by atoms with Gasteiger partial charge in [-0.15, -0.1) is 0 Å². The molecule has 0 saturated heterocycles. The van der Waals surface area contributed by atoms with Gasteiger partial charge in [-0.1, -0.05) is 6.92 Å². The molecule has 0 saturated carbocycles. The number of hydrogen-bond donors (Lipinski definition) is 2. The van der Waals surface area contributed by atoms with Crippen LogP contribution in [0.1, 0.15) is 38.3 Å². The molecule has 1 aromatic rings. The number of nitrogens with zero attached hydrogens (tertiary/aromatic N) is 2. The second-order valence-electron chi connectivity index (χ2n) is 3.85. The zero-order valence-electron chi connectivity index (χ0n) is 9.76. The molecule has 90 valence electrons. The van der Waals surface area contributed by atoms with E-state index in [4.69, 9.17) is 10.8 Å². The first-order valence-electron chi connectivity index (χ1n) is 5.59. The lowest BCUT2D eigenvalue weighted by Crippen LogP contribution is -2.31. The molecule has 5 heteroatoms. The van der Waals surface area contributed by atoms with Crippen molar-refractivity contribution in [2.45, 2.75) is 45.2 Å². The van der Waals surface area contributed by atoms with Gasteiger partial charge in [0, 0.05) is 30.4 Å². The van der Waals surface area contributed by atoms with Gasteiger partial charge in [0.05, 0.1) is 6.42 Å². The number of aryl methyl sites for hydroxylation is 1. The molecule has 2 atom stereocenters. The van der Waals surface area contributed by atoms with Gasteiger partial charge in [0.2, 0.25) is 0 Å². The first-order chi connectivity index (χ1) is 7.60. The maximum Gasteiger partial charge on any atom is 0.304 e. The molecule has 0 aromatic carbocycles. The number of aromatic nitrogens is 2. The Morgan fingerprint density at radius 2 is 2.31 bits per heavy atom. The summed E-state index contributed by atoms with van der Waals surface area (Å²) in [5.41, 5.74) is 6.89. The van der Waals surface area contributed by atoms with Gasteiger partial charge < -0.3 is 10.8 Å². The van der Waals surface area contributed by atoms with Crippen molar-refractivity contribution < 1.29 is 9.90 Å². The van der Waals surface area contributed by atoms with Crippen molar-refractivity contribution in [2.75, 3.05) is 0 Å². The van der Waals surface area contributed by atoms with Gasteiger partial charge in [-0.25, -0.2) is 0 Å². The molecule has 3 N–H and O–H groups in total. The van der Waals surface area contributed by atoms with E-state index < -0.39 is 5.97 Å². The highest BCUT2D eigenvalue weighted by Gasteiger charge is 2.24. The van der Waals surface area contributed by atoms with Crippen LogP contribution in [0, 0.1) is 0 Å². The molecule has 0 aliphatic rings. The van der Waals surface area contributed by atoms with Crippen LogP contribution >= 0.6 is 0 Å². The van der Waals surface area contributed by atoms with Crippen molar-refractivity contribution in [1.29, 1.82) is 0 Å². The van der Waals surface area contributed by atoms with Crippen molar-refractivity contribution in [1.82, 2.24) is 9.78 Å². The Balaban J connectivity index is 2.95. The van der Waals surface area contributed by atoms with Gasteiger partial charge in [-0.3, -0.25) is 9.48 Å². The highest BCUT2D eigenvalue weighted by atomic mass is 16.4. The third kappa shape index (κ3) is 2.82. The molecule has 2 unspecified atom stereocenters. The van der Waals surface area contributed by atoms with Crippen LogP contribution in [0.5, 0.6) is 0 Å². The standard InChI is InChI=1S/C11H19N3O2/c1-3-9(12)8(7-11(15)16)10-5-6-13-14(10)4-2/h5-6,8-9H,3-4,7,12H2,1-2H3,(H,15,16). The summed E-state index contributed by atoms with van der Waals surface area (Å²) in [6.45, 7) is 4.67. The predicted octanol–water partition coefficient (Wildman–Crippen LogP) is 1.20. The van der Waals surface area contributed by atoms with E-state index in [0.29, 0.717) is 0 Å². The predicted molar refractivity (Wildman–Crippen MR) is 61.2 cm³/mol. The van der Waals surface area contributed by atoms with Gasteiger partial charge in [0.15, 0.2) is 0 Å². The quantitative estimate of drug-likeness (QED) is 0.762. The molecule has 5 nitrogen and oxygen atoms in total. The Hall–Kier alpha value is -1.36. The number of aliphatic carboxylic acids is 1. The van der Waals surface area contributed by atoms with Gasteiger partial charge in [-0.05, 0) is 19.4 Å². The van der Waals surface area contributed by atoms with Crippen LogP contribution in [0.15, 0.2) is 12.3 Å². The van der Waals surface area contributed by atoms with Crippen LogP contribution in [-0.2, 0) is 11.3 Å². The van der Waals surface area contributed by atoms with Crippen LogP contribution in [-0.4, -0.2) is 26.9 Å². The minimum Gasteiger partial charge on any atom is -0.481 e. The van der Waals surface area contributed by atoms with Crippen molar-refractivity contribution in [3.8, 4) is 0 Å². The number of rotatable bonds is 6. The smallest absolute Gasteiger partial charge is 0.304 e. The number of carbonyl (C=O) groups is 1. The Bertz CT molecular complexity index is 349. The topological polar surface area (TPSA) is 81.1 Å². The van der Waals surface area contributed by atoms with E-state index in [9.17, 15) is 4.79 Å². The zero-order chi connectivity index (χ0) is 12.1. The second-order valence-corrected chi connectivity index (χ2v) is 3.85. The summed E-state index contributed by atoms with van der Waals surface area (Å²) in [5.74, 6) is -0.984. The van der Waals surface area contributed by atoms with Crippen LogP contribution in [0.25, 0.3) is 0 Å². The summed E-state index contributed by atoms with van der Waals surface area (Å²) in [5, 5.41) is 13.1. The number of hydrogen-bond acceptors (Lipinski definition) is 3. The minimum absolute atomic E-state index is 0.0562. The summed E-state index contributed by atoms with van der Waals surface area (Å²) < 4.78 is 1.81. The largest absolute Gasteiger partial charge is 0.481 e. The lowest BCUT2D eigenvalue weighted by molar-refractivity contribution is -0.137. The van der Waals surface area contributed by atoms with Crippen molar-refractivity contribution >= 4 is 5.97 Å². The molecule has 0 aliphatic heterocycles. The van der Waals surface area contributed by atoms with E-state index >= 15 is 0 Å². The van der Waals surface area contributed by atoms with Crippen LogP contribution in [0.4, 0.5) is 0 Å². The molecule has 16 heavy (non-hydrogen) atoms. The molecule has 0 spiro atoms. The minimum atomic E-state index is -0.822. The number of carboxylic acid groups (broad SMARTS) is 1. The molecule has 0 fully saturated rings. The summed E-state index contributed by atoms with van der Waals surface area (Å²) in [4.78, 5) is 10.8. The van der Waals surface area contributed by atoms with Crippen LogP contribution in [0.2, 0.25) is 0 Å². The average Bonchev–Trinajstić information content (AvgIpc) is 2.72. The molecule has 0 amide bonds. The number of carboxylic acids is 1. The van der Waals surface area contributed by atoms with E-state index in [-0.39, 0.29) is 18.4 Å². The molecule has 1 heterocycles. The first kappa shape index (κ1) is 12.7. The fraction of sp³-hybridized carbons (Fsp3) is 0.636. The first-order valence-corrected chi connectivity index (χ1v) is 5.59. The van der Waals surface area contributed by atoms with Crippen LogP contribution in [0.3, 0.4) is 0 Å².